The highest BCUT2D eigenvalue weighted by Crippen LogP contribution is 2.04. The predicted molar refractivity (Wildman–Crippen MR) is 101 cm³/mol. The molecule has 0 saturated carbocycles. The number of unbranched alkanes of at least 4 members (excludes halogenated alkanes) is 2. The van der Waals surface area contributed by atoms with E-state index in [1.807, 2.05) is 0 Å². The van der Waals surface area contributed by atoms with Crippen LogP contribution in [0.2, 0.25) is 0 Å². The summed E-state index contributed by atoms with van der Waals surface area (Å²) in [4.78, 5) is 31.8. The van der Waals surface area contributed by atoms with E-state index in [1.54, 1.807) is 25.0 Å². The Hall–Kier alpha value is -1.89. The summed E-state index contributed by atoms with van der Waals surface area (Å²) >= 11 is 0. The summed E-state index contributed by atoms with van der Waals surface area (Å²) in [7, 11) is 3.45. The summed E-state index contributed by atoms with van der Waals surface area (Å²) in [5.41, 5.74) is 0.397. The first-order valence-corrected chi connectivity index (χ1v) is 9.34. The summed E-state index contributed by atoms with van der Waals surface area (Å²) in [5.74, 6) is 0. The van der Waals surface area contributed by atoms with Gasteiger partial charge in [0.15, 0.2) is 11.2 Å². The van der Waals surface area contributed by atoms with Gasteiger partial charge < -0.3 is 9.47 Å². The molecule has 0 amide bonds. The molecule has 0 aromatic carbocycles. The van der Waals surface area contributed by atoms with Crippen molar-refractivity contribution in [1.29, 1.82) is 0 Å². The Kier molecular flexibility index (Phi) is 6.99. The second-order valence-electron chi connectivity index (χ2n) is 6.73. The highest BCUT2D eigenvalue weighted by Gasteiger charge is 2.14. The van der Waals surface area contributed by atoms with E-state index in [-0.39, 0.29) is 11.2 Å². The second kappa shape index (κ2) is 8.99. The van der Waals surface area contributed by atoms with Crippen molar-refractivity contribution < 1.29 is 0 Å². The molecule has 0 aliphatic rings. The van der Waals surface area contributed by atoms with Crippen molar-refractivity contribution in [2.75, 3.05) is 19.6 Å². The maximum atomic E-state index is 12.7. The van der Waals surface area contributed by atoms with E-state index in [0.717, 1.165) is 26.1 Å². The van der Waals surface area contributed by atoms with E-state index >= 15 is 0 Å². The molecule has 0 radical (unpaired) electrons. The van der Waals surface area contributed by atoms with E-state index < -0.39 is 0 Å². The van der Waals surface area contributed by atoms with E-state index in [1.165, 1.54) is 34.8 Å². The molecule has 0 unspecified atom stereocenters. The average molecular weight is 349 g/mol. The molecular formula is C18H31N5O2. The van der Waals surface area contributed by atoms with Crippen LogP contribution in [0, 0.1) is 0 Å². The van der Waals surface area contributed by atoms with E-state index in [9.17, 15) is 9.59 Å². The molecule has 0 fully saturated rings. The fourth-order valence-electron chi connectivity index (χ4n) is 3.14. The van der Waals surface area contributed by atoms with Gasteiger partial charge in [-0.25, -0.2) is 9.78 Å². The van der Waals surface area contributed by atoms with Crippen molar-refractivity contribution in [2.24, 2.45) is 14.1 Å². The molecule has 2 aromatic rings. The molecule has 0 aliphatic heterocycles. The SMILES string of the molecule is CCCCN(CCCC)CCCn1c(=O)c2c(ncn2C)n(C)c1=O. The van der Waals surface area contributed by atoms with Crippen LogP contribution in [-0.2, 0) is 20.6 Å². The van der Waals surface area contributed by atoms with Gasteiger partial charge in [-0.05, 0) is 38.9 Å². The molecule has 2 rings (SSSR count). The van der Waals surface area contributed by atoms with Crippen molar-refractivity contribution in [2.45, 2.75) is 52.5 Å². The Balaban J connectivity index is 2.13. The maximum absolute atomic E-state index is 12.7. The summed E-state index contributed by atoms with van der Waals surface area (Å²) in [6.07, 6.45) is 7.11. The summed E-state index contributed by atoms with van der Waals surface area (Å²) in [5, 5.41) is 0. The quantitative estimate of drug-likeness (QED) is 0.655. The van der Waals surface area contributed by atoms with Crippen LogP contribution in [0.3, 0.4) is 0 Å². The minimum Gasteiger partial charge on any atom is -0.328 e. The first-order valence-electron chi connectivity index (χ1n) is 9.34. The lowest BCUT2D eigenvalue weighted by atomic mass is 10.2. The molecular weight excluding hydrogens is 318 g/mol. The second-order valence-corrected chi connectivity index (χ2v) is 6.73. The number of rotatable bonds is 10. The zero-order chi connectivity index (χ0) is 18.4. The molecule has 0 atom stereocenters. The Morgan fingerprint density at radius 2 is 1.60 bits per heavy atom. The number of nitrogens with zero attached hydrogens (tertiary/aromatic N) is 5. The van der Waals surface area contributed by atoms with Crippen LogP contribution >= 0.6 is 0 Å². The molecule has 140 valence electrons. The highest BCUT2D eigenvalue weighted by atomic mass is 16.2. The number of hydrogen-bond acceptors (Lipinski definition) is 4. The third kappa shape index (κ3) is 4.39. The van der Waals surface area contributed by atoms with Crippen LogP contribution in [-0.4, -0.2) is 43.2 Å². The van der Waals surface area contributed by atoms with E-state index in [0.29, 0.717) is 17.7 Å². The van der Waals surface area contributed by atoms with Crippen LogP contribution < -0.4 is 11.2 Å². The Bertz CT molecular complexity index is 794. The van der Waals surface area contributed by atoms with Crippen LogP contribution in [0.15, 0.2) is 15.9 Å². The van der Waals surface area contributed by atoms with Gasteiger partial charge in [0.25, 0.3) is 5.56 Å². The standard InChI is InChI=1S/C18H31N5O2/c1-5-7-10-22(11-8-6-2)12-9-13-23-17(24)15-16(19-14-20(15)3)21(4)18(23)25/h14H,5-13H2,1-4H3. The maximum Gasteiger partial charge on any atom is 0.332 e. The fraction of sp³-hybridized carbons (Fsp3) is 0.722. The van der Waals surface area contributed by atoms with Gasteiger partial charge >= 0.3 is 5.69 Å². The van der Waals surface area contributed by atoms with Gasteiger partial charge in [0.05, 0.1) is 6.33 Å². The van der Waals surface area contributed by atoms with Gasteiger partial charge in [-0.1, -0.05) is 26.7 Å². The van der Waals surface area contributed by atoms with Gasteiger partial charge in [-0.3, -0.25) is 13.9 Å². The third-order valence-electron chi connectivity index (χ3n) is 4.71. The molecule has 0 aliphatic carbocycles. The zero-order valence-corrected chi connectivity index (χ0v) is 16.0. The predicted octanol–water partition coefficient (Wildman–Crippen LogP) is 1.73. The Morgan fingerprint density at radius 3 is 2.20 bits per heavy atom. The largest absolute Gasteiger partial charge is 0.332 e. The van der Waals surface area contributed by atoms with E-state index in [2.05, 4.69) is 23.7 Å². The minimum absolute atomic E-state index is 0.244. The Morgan fingerprint density at radius 1 is 1.00 bits per heavy atom. The van der Waals surface area contributed by atoms with Crippen LogP contribution in [0.5, 0.6) is 0 Å². The topological polar surface area (TPSA) is 65.1 Å². The van der Waals surface area contributed by atoms with Gasteiger partial charge in [0.1, 0.15) is 0 Å². The zero-order valence-electron chi connectivity index (χ0n) is 16.0. The van der Waals surface area contributed by atoms with Gasteiger partial charge in [0, 0.05) is 20.6 Å². The van der Waals surface area contributed by atoms with Crippen molar-refractivity contribution in [3.8, 4) is 0 Å². The summed E-state index contributed by atoms with van der Waals surface area (Å²) < 4.78 is 4.49. The molecule has 7 nitrogen and oxygen atoms in total. The molecule has 25 heavy (non-hydrogen) atoms. The number of fused-ring (bicyclic) bond motifs is 1. The number of hydrogen-bond donors (Lipinski definition) is 0. The lowest BCUT2D eigenvalue weighted by Gasteiger charge is -2.22. The van der Waals surface area contributed by atoms with Crippen molar-refractivity contribution in [3.63, 3.8) is 0 Å². The molecule has 0 N–H and O–H groups in total. The smallest absolute Gasteiger partial charge is 0.328 e. The van der Waals surface area contributed by atoms with Crippen molar-refractivity contribution in [1.82, 2.24) is 23.6 Å². The van der Waals surface area contributed by atoms with Crippen LogP contribution in [0.25, 0.3) is 11.2 Å². The molecule has 2 aromatic heterocycles. The van der Waals surface area contributed by atoms with Crippen LogP contribution in [0.1, 0.15) is 46.0 Å². The van der Waals surface area contributed by atoms with Gasteiger partial charge in [-0.15, -0.1) is 0 Å². The lowest BCUT2D eigenvalue weighted by Crippen LogP contribution is -2.40. The number of aryl methyl sites for hydroxylation is 2. The Labute approximate surface area is 148 Å². The normalized spacial score (nSPS) is 11.7. The molecule has 0 spiro atoms. The molecule has 2 heterocycles. The molecule has 7 heteroatoms. The summed E-state index contributed by atoms with van der Waals surface area (Å²) in [6, 6.07) is 0. The van der Waals surface area contributed by atoms with Crippen LogP contribution in [0.4, 0.5) is 0 Å². The molecule has 0 saturated heterocycles. The minimum atomic E-state index is -0.287. The first-order chi connectivity index (χ1) is 12.0. The first kappa shape index (κ1) is 19.4. The van der Waals surface area contributed by atoms with Crippen molar-refractivity contribution >= 4 is 11.2 Å². The van der Waals surface area contributed by atoms with E-state index in [4.69, 9.17) is 0 Å². The lowest BCUT2D eigenvalue weighted by molar-refractivity contribution is 0.256. The number of aromatic nitrogens is 4. The average Bonchev–Trinajstić information content (AvgIpc) is 2.99. The van der Waals surface area contributed by atoms with Gasteiger partial charge in [0.2, 0.25) is 0 Å². The summed E-state index contributed by atoms with van der Waals surface area (Å²) in [6.45, 7) is 7.93. The fourth-order valence-corrected chi connectivity index (χ4v) is 3.14. The third-order valence-corrected chi connectivity index (χ3v) is 4.71. The monoisotopic (exact) mass is 349 g/mol. The molecule has 0 bridgehead atoms. The highest BCUT2D eigenvalue weighted by molar-refractivity contribution is 5.69. The van der Waals surface area contributed by atoms with Gasteiger partial charge in [-0.2, -0.15) is 0 Å². The van der Waals surface area contributed by atoms with Crippen molar-refractivity contribution in [3.05, 3.63) is 27.2 Å². The number of imidazole rings is 1.